The normalized spacial score (nSPS) is 21.4. The number of fused-ring (bicyclic) bond motifs is 1. The molecule has 1 N–H and O–H groups in total. The summed E-state index contributed by atoms with van der Waals surface area (Å²) in [6, 6.07) is 8.06. The molecular formula is C15H17N3O. The van der Waals surface area contributed by atoms with E-state index < -0.39 is 0 Å². The van der Waals surface area contributed by atoms with E-state index in [0.29, 0.717) is 11.8 Å². The molecule has 1 saturated carbocycles. The summed E-state index contributed by atoms with van der Waals surface area (Å²) < 4.78 is 0. The molecule has 1 saturated heterocycles. The lowest BCUT2D eigenvalue weighted by atomic mass is 9.96. The van der Waals surface area contributed by atoms with Gasteiger partial charge in [-0.05, 0) is 25.0 Å². The Hall–Kier alpha value is -1.84. The summed E-state index contributed by atoms with van der Waals surface area (Å²) in [4.78, 5) is 22.1. The van der Waals surface area contributed by atoms with Crippen LogP contribution in [0.2, 0.25) is 0 Å². The molecule has 1 amide bonds. The maximum atomic E-state index is 12.2. The number of amides is 1. The maximum absolute atomic E-state index is 12.2. The molecule has 4 heteroatoms. The van der Waals surface area contributed by atoms with Crippen molar-refractivity contribution in [3.8, 4) is 0 Å². The van der Waals surface area contributed by atoms with E-state index in [0.717, 1.165) is 42.8 Å². The highest BCUT2D eigenvalue weighted by atomic mass is 16.2. The number of aromatic amines is 1. The predicted octanol–water partition coefficient (Wildman–Crippen LogP) is 2.29. The molecule has 1 aromatic heterocycles. The van der Waals surface area contributed by atoms with Gasteiger partial charge >= 0.3 is 0 Å². The highest BCUT2D eigenvalue weighted by molar-refractivity contribution is 5.85. The highest BCUT2D eigenvalue weighted by Gasteiger charge is 2.49. The Labute approximate surface area is 111 Å². The molecule has 1 aromatic carbocycles. The molecule has 0 radical (unpaired) electrons. The zero-order valence-corrected chi connectivity index (χ0v) is 11.0. The lowest BCUT2D eigenvalue weighted by Crippen LogP contribution is -2.51. The summed E-state index contributed by atoms with van der Waals surface area (Å²) >= 11 is 0. The van der Waals surface area contributed by atoms with E-state index in [9.17, 15) is 4.79 Å². The van der Waals surface area contributed by atoms with Crippen LogP contribution in [0.3, 0.4) is 0 Å². The molecule has 98 valence electrons. The van der Waals surface area contributed by atoms with Crippen molar-refractivity contribution in [2.45, 2.75) is 25.7 Å². The molecule has 2 aromatic rings. The fourth-order valence-electron chi connectivity index (χ4n) is 2.77. The number of nitrogens with one attached hydrogen (secondary N) is 1. The van der Waals surface area contributed by atoms with E-state index in [4.69, 9.17) is 0 Å². The third-order valence-electron chi connectivity index (χ3n) is 4.48. The van der Waals surface area contributed by atoms with E-state index in [-0.39, 0.29) is 5.41 Å². The van der Waals surface area contributed by atoms with Gasteiger partial charge in [0.1, 0.15) is 5.82 Å². The van der Waals surface area contributed by atoms with E-state index >= 15 is 0 Å². The number of nitrogens with zero attached hydrogens (tertiary/aromatic N) is 2. The minimum absolute atomic E-state index is 0.0428. The Balaban J connectivity index is 1.49. The Kier molecular flexibility index (Phi) is 2.08. The van der Waals surface area contributed by atoms with Gasteiger partial charge in [-0.1, -0.05) is 19.1 Å². The van der Waals surface area contributed by atoms with Crippen molar-refractivity contribution in [2.24, 2.45) is 5.41 Å². The van der Waals surface area contributed by atoms with E-state index in [1.807, 2.05) is 29.2 Å². The molecule has 4 rings (SSSR count). The first-order chi connectivity index (χ1) is 9.16. The maximum Gasteiger partial charge on any atom is 0.228 e. The Morgan fingerprint density at radius 2 is 2.11 bits per heavy atom. The Morgan fingerprint density at radius 1 is 1.37 bits per heavy atom. The number of benzene rings is 1. The minimum atomic E-state index is -0.0428. The van der Waals surface area contributed by atoms with Crippen molar-refractivity contribution in [3.05, 3.63) is 30.1 Å². The molecule has 1 aliphatic carbocycles. The summed E-state index contributed by atoms with van der Waals surface area (Å²) in [5.74, 6) is 1.73. The first-order valence-corrected chi connectivity index (χ1v) is 6.90. The molecule has 0 atom stereocenters. The number of hydrogen-bond acceptors (Lipinski definition) is 2. The highest BCUT2D eigenvalue weighted by Crippen LogP contribution is 2.48. The quantitative estimate of drug-likeness (QED) is 0.895. The topological polar surface area (TPSA) is 49.0 Å². The molecular weight excluding hydrogens is 238 g/mol. The number of carbonyl (C=O) groups is 1. The first kappa shape index (κ1) is 11.0. The second-order valence-corrected chi connectivity index (χ2v) is 6.11. The van der Waals surface area contributed by atoms with Crippen LogP contribution < -0.4 is 0 Å². The average Bonchev–Trinajstić information content (AvgIpc) is 2.97. The average molecular weight is 255 g/mol. The lowest BCUT2D eigenvalue weighted by molar-refractivity contribution is -0.141. The second kappa shape index (κ2) is 3.59. The van der Waals surface area contributed by atoms with Crippen LogP contribution in [-0.4, -0.2) is 33.9 Å². The van der Waals surface area contributed by atoms with Gasteiger partial charge in [-0.2, -0.15) is 0 Å². The molecule has 0 unspecified atom stereocenters. The summed E-state index contributed by atoms with van der Waals surface area (Å²) in [7, 11) is 0. The third kappa shape index (κ3) is 1.66. The number of para-hydroxylation sites is 2. The zero-order valence-electron chi connectivity index (χ0n) is 11.0. The molecule has 0 bridgehead atoms. The van der Waals surface area contributed by atoms with Crippen molar-refractivity contribution in [3.63, 3.8) is 0 Å². The lowest BCUT2D eigenvalue weighted by Gasteiger charge is -2.39. The first-order valence-electron chi connectivity index (χ1n) is 6.90. The van der Waals surface area contributed by atoms with Crippen LogP contribution in [0.5, 0.6) is 0 Å². The number of likely N-dealkylation sites (tertiary alicyclic amines) is 1. The van der Waals surface area contributed by atoms with Crippen molar-refractivity contribution in [1.82, 2.24) is 14.9 Å². The van der Waals surface area contributed by atoms with Gasteiger partial charge in [0.05, 0.1) is 17.0 Å². The number of carbonyl (C=O) groups excluding carboxylic acids is 1. The van der Waals surface area contributed by atoms with Crippen molar-refractivity contribution in [2.75, 3.05) is 13.1 Å². The van der Waals surface area contributed by atoms with Crippen LogP contribution in [0.15, 0.2) is 24.3 Å². The molecule has 1 aliphatic heterocycles. The standard InChI is InChI=1S/C15H17N3O/c1-15(6-7-15)14(19)18-8-10(9-18)13-16-11-4-2-3-5-12(11)17-13/h2-5,10H,6-9H2,1H3,(H,16,17). The summed E-state index contributed by atoms with van der Waals surface area (Å²) in [5, 5.41) is 0. The smallest absolute Gasteiger partial charge is 0.228 e. The predicted molar refractivity (Wildman–Crippen MR) is 72.8 cm³/mol. The molecule has 4 nitrogen and oxygen atoms in total. The van der Waals surface area contributed by atoms with Crippen LogP contribution in [-0.2, 0) is 4.79 Å². The summed E-state index contributed by atoms with van der Waals surface area (Å²) in [6.45, 7) is 3.70. The van der Waals surface area contributed by atoms with Gasteiger partial charge in [0.2, 0.25) is 5.91 Å². The molecule has 2 heterocycles. The second-order valence-electron chi connectivity index (χ2n) is 6.11. The van der Waals surface area contributed by atoms with Gasteiger partial charge in [-0.3, -0.25) is 4.79 Å². The van der Waals surface area contributed by atoms with Crippen LogP contribution in [0.25, 0.3) is 11.0 Å². The van der Waals surface area contributed by atoms with E-state index in [2.05, 4.69) is 16.9 Å². The van der Waals surface area contributed by atoms with Gasteiger partial charge in [0, 0.05) is 18.5 Å². The van der Waals surface area contributed by atoms with Gasteiger partial charge in [0.25, 0.3) is 0 Å². The molecule has 0 spiro atoms. The van der Waals surface area contributed by atoms with Crippen LogP contribution >= 0.6 is 0 Å². The Bertz CT molecular complexity index is 617. The Morgan fingerprint density at radius 3 is 2.79 bits per heavy atom. The van der Waals surface area contributed by atoms with E-state index in [1.54, 1.807) is 0 Å². The SMILES string of the molecule is CC1(C(=O)N2CC(c3nc4ccccc4[nH]3)C2)CC1. The fourth-order valence-corrected chi connectivity index (χ4v) is 2.77. The third-order valence-corrected chi connectivity index (χ3v) is 4.48. The number of rotatable bonds is 2. The van der Waals surface area contributed by atoms with Gasteiger partial charge in [0.15, 0.2) is 0 Å². The fraction of sp³-hybridized carbons (Fsp3) is 0.467. The van der Waals surface area contributed by atoms with Crippen LogP contribution in [0, 0.1) is 5.41 Å². The van der Waals surface area contributed by atoms with Gasteiger partial charge in [-0.25, -0.2) is 4.98 Å². The minimum Gasteiger partial charge on any atom is -0.342 e. The van der Waals surface area contributed by atoms with Crippen molar-refractivity contribution >= 4 is 16.9 Å². The molecule has 2 aliphatic rings. The van der Waals surface area contributed by atoms with Crippen molar-refractivity contribution < 1.29 is 4.79 Å². The number of hydrogen-bond donors (Lipinski definition) is 1. The molecule has 2 fully saturated rings. The zero-order chi connectivity index (χ0) is 13.0. The number of aromatic nitrogens is 2. The van der Waals surface area contributed by atoms with Crippen LogP contribution in [0.4, 0.5) is 0 Å². The summed E-state index contributed by atoms with van der Waals surface area (Å²) in [5.41, 5.74) is 2.05. The number of imidazole rings is 1. The van der Waals surface area contributed by atoms with Crippen molar-refractivity contribution in [1.29, 1.82) is 0 Å². The molecule has 19 heavy (non-hydrogen) atoms. The number of H-pyrrole nitrogens is 1. The monoisotopic (exact) mass is 255 g/mol. The van der Waals surface area contributed by atoms with Gasteiger partial charge in [-0.15, -0.1) is 0 Å². The largest absolute Gasteiger partial charge is 0.342 e. The van der Waals surface area contributed by atoms with Gasteiger partial charge < -0.3 is 9.88 Å². The van der Waals surface area contributed by atoms with Crippen LogP contribution in [0.1, 0.15) is 31.5 Å². The summed E-state index contributed by atoms with van der Waals surface area (Å²) in [6.07, 6.45) is 2.11. The van der Waals surface area contributed by atoms with E-state index in [1.165, 1.54) is 0 Å².